The van der Waals surface area contributed by atoms with Crippen LogP contribution in [0.1, 0.15) is 46.7 Å². The van der Waals surface area contributed by atoms with Gasteiger partial charge in [-0.3, -0.25) is 14.4 Å². The number of carbonyl (C=O) groups is 2. The summed E-state index contributed by atoms with van der Waals surface area (Å²) in [6.45, 7) is 3.34. The van der Waals surface area contributed by atoms with E-state index in [4.69, 9.17) is 0 Å². The molecule has 172 valence electrons. The molecule has 11 heteroatoms. The van der Waals surface area contributed by atoms with Gasteiger partial charge in [0.25, 0.3) is 11.8 Å². The highest BCUT2D eigenvalue weighted by molar-refractivity contribution is 5.99. The second kappa shape index (κ2) is 9.03. The molecule has 2 amide bonds. The van der Waals surface area contributed by atoms with Crippen LogP contribution < -0.4 is 10.7 Å². The summed E-state index contributed by atoms with van der Waals surface area (Å²) in [5.41, 5.74) is -2.60. The number of fused-ring (bicyclic) bond motifs is 4. The Bertz CT molecular complexity index is 1100. The van der Waals surface area contributed by atoms with Crippen LogP contribution in [0, 0.1) is 0 Å². The highest BCUT2D eigenvalue weighted by Crippen LogP contribution is 2.32. The molecule has 1 aromatic heterocycles. The molecule has 0 radical (unpaired) electrons. The molecule has 3 rings (SSSR count). The molecular weight excluding hydrogens is 431 g/mol. The minimum atomic E-state index is -1.29. The van der Waals surface area contributed by atoms with Gasteiger partial charge in [-0.05, 0) is 19.8 Å². The number of rotatable bonds is 5. The van der Waals surface area contributed by atoms with E-state index in [9.17, 15) is 37.8 Å². The number of amides is 2. The SMILES string of the molecule is C=C(F)/C=C(F)\C(CNC(=O)c1cn2c(c(O)c1=O)C(=O)N1C[C@H](O)CC[C@H]2C1)=C(/C)F. The van der Waals surface area contributed by atoms with Crippen LogP contribution in [0.5, 0.6) is 5.75 Å². The van der Waals surface area contributed by atoms with Gasteiger partial charge in [0.05, 0.1) is 12.1 Å². The zero-order chi connectivity index (χ0) is 23.7. The van der Waals surface area contributed by atoms with Gasteiger partial charge in [-0.25, -0.2) is 13.2 Å². The Balaban J connectivity index is 1.93. The van der Waals surface area contributed by atoms with Crippen LogP contribution >= 0.6 is 0 Å². The third-order valence-electron chi connectivity index (χ3n) is 5.45. The fourth-order valence-corrected chi connectivity index (χ4v) is 3.83. The Morgan fingerprint density at radius 3 is 2.59 bits per heavy atom. The zero-order valence-electron chi connectivity index (χ0n) is 17.2. The zero-order valence-corrected chi connectivity index (χ0v) is 17.2. The molecule has 1 aromatic rings. The number of carbonyl (C=O) groups excluding carboxylic acids is 2. The van der Waals surface area contributed by atoms with Crippen molar-refractivity contribution >= 4 is 11.8 Å². The van der Waals surface area contributed by atoms with Crippen molar-refractivity contribution in [3.05, 3.63) is 63.4 Å². The van der Waals surface area contributed by atoms with Gasteiger partial charge in [0.2, 0.25) is 5.43 Å². The standard InChI is InChI=1S/C21H22F3N3O5/c1-10(22)5-16(24)14(11(2)23)6-25-20(31)15-9-27-12-3-4-13(28)8-26(7-12)21(32)17(27)19(30)18(15)29/h5,9,12-13,28,30H,1,3-4,6-8H2,2H3,(H,25,31)/b14-11+,16-5+/t12-,13+/m0/s1. The first-order chi connectivity index (χ1) is 15.0. The molecule has 1 fully saturated rings. The molecule has 1 saturated heterocycles. The van der Waals surface area contributed by atoms with Gasteiger partial charge in [-0.2, -0.15) is 0 Å². The number of nitrogens with one attached hydrogen (secondary N) is 1. The second-order valence-corrected chi connectivity index (χ2v) is 7.71. The lowest BCUT2D eigenvalue weighted by Crippen LogP contribution is -2.45. The van der Waals surface area contributed by atoms with Crippen LogP contribution in [0.3, 0.4) is 0 Å². The fourth-order valence-electron chi connectivity index (χ4n) is 3.83. The summed E-state index contributed by atoms with van der Waals surface area (Å²) in [5.74, 6) is -6.09. The van der Waals surface area contributed by atoms with E-state index in [2.05, 4.69) is 11.9 Å². The summed E-state index contributed by atoms with van der Waals surface area (Å²) in [7, 11) is 0. The van der Waals surface area contributed by atoms with E-state index >= 15 is 0 Å². The molecule has 0 saturated carbocycles. The molecule has 2 bridgehead atoms. The second-order valence-electron chi connectivity index (χ2n) is 7.71. The number of nitrogens with zero attached hydrogens (tertiary/aromatic N) is 2. The molecule has 2 aliphatic heterocycles. The molecule has 3 N–H and O–H groups in total. The molecule has 0 aromatic carbocycles. The monoisotopic (exact) mass is 453 g/mol. The number of aromatic nitrogens is 1. The lowest BCUT2D eigenvalue weighted by molar-refractivity contribution is 0.0588. The first-order valence-corrected chi connectivity index (χ1v) is 9.82. The maximum atomic E-state index is 14.0. The number of halogens is 3. The lowest BCUT2D eigenvalue weighted by Gasteiger charge is -2.34. The summed E-state index contributed by atoms with van der Waals surface area (Å²) < 4.78 is 41.8. The predicted octanol–water partition coefficient (Wildman–Crippen LogP) is 2.02. The van der Waals surface area contributed by atoms with Crippen molar-refractivity contribution in [1.82, 2.24) is 14.8 Å². The van der Waals surface area contributed by atoms with Crippen LogP contribution in [-0.2, 0) is 0 Å². The molecule has 0 unspecified atom stereocenters. The maximum Gasteiger partial charge on any atom is 0.274 e. The Labute approximate surface area is 180 Å². The van der Waals surface area contributed by atoms with Crippen molar-refractivity contribution in [3.8, 4) is 5.75 Å². The van der Waals surface area contributed by atoms with Crippen molar-refractivity contribution in [2.75, 3.05) is 19.6 Å². The van der Waals surface area contributed by atoms with E-state index in [0.717, 1.165) is 13.1 Å². The molecule has 0 spiro atoms. The van der Waals surface area contributed by atoms with Crippen molar-refractivity contribution in [1.29, 1.82) is 0 Å². The minimum Gasteiger partial charge on any atom is -0.503 e. The highest BCUT2D eigenvalue weighted by atomic mass is 19.1. The van der Waals surface area contributed by atoms with E-state index < -0.39 is 70.3 Å². The van der Waals surface area contributed by atoms with Crippen molar-refractivity contribution < 1.29 is 33.0 Å². The van der Waals surface area contributed by atoms with Gasteiger partial charge in [0.15, 0.2) is 11.4 Å². The number of pyridine rings is 1. The van der Waals surface area contributed by atoms with E-state index in [1.54, 1.807) is 0 Å². The minimum absolute atomic E-state index is 0.0628. The maximum absolute atomic E-state index is 14.0. The third-order valence-corrected chi connectivity index (χ3v) is 5.45. The molecule has 2 aliphatic rings. The summed E-state index contributed by atoms with van der Waals surface area (Å²) >= 11 is 0. The largest absolute Gasteiger partial charge is 0.503 e. The Kier molecular flexibility index (Phi) is 6.58. The van der Waals surface area contributed by atoms with Crippen LogP contribution in [-0.4, -0.2) is 57.2 Å². The normalized spacial score (nSPS) is 21.5. The average Bonchev–Trinajstić information content (AvgIpc) is 2.87. The van der Waals surface area contributed by atoms with E-state index in [1.165, 1.54) is 9.47 Å². The Morgan fingerprint density at radius 1 is 1.28 bits per heavy atom. The van der Waals surface area contributed by atoms with Gasteiger partial charge >= 0.3 is 0 Å². The van der Waals surface area contributed by atoms with E-state index in [0.29, 0.717) is 18.9 Å². The Hall–Kier alpha value is -3.34. The van der Waals surface area contributed by atoms with E-state index in [1.807, 2.05) is 0 Å². The molecule has 3 heterocycles. The quantitative estimate of drug-likeness (QED) is 0.591. The van der Waals surface area contributed by atoms with E-state index in [-0.39, 0.29) is 18.8 Å². The van der Waals surface area contributed by atoms with Crippen molar-refractivity contribution in [3.63, 3.8) is 0 Å². The summed E-state index contributed by atoms with van der Waals surface area (Å²) in [6, 6.07) is -0.391. The molecule has 0 aliphatic carbocycles. The fraction of sp³-hybridized carbons (Fsp3) is 0.381. The molecule has 8 nitrogen and oxygen atoms in total. The lowest BCUT2D eigenvalue weighted by atomic mass is 10.1. The third kappa shape index (κ3) is 4.47. The van der Waals surface area contributed by atoms with Crippen LogP contribution in [0.15, 0.2) is 46.7 Å². The molecule has 2 atom stereocenters. The number of aromatic hydroxyl groups is 1. The smallest absolute Gasteiger partial charge is 0.274 e. The first-order valence-electron chi connectivity index (χ1n) is 9.82. The summed E-state index contributed by atoms with van der Waals surface area (Å²) in [4.78, 5) is 39.2. The van der Waals surface area contributed by atoms with Crippen LogP contribution in [0.4, 0.5) is 13.2 Å². The average molecular weight is 453 g/mol. The Morgan fingerprint density at radius 2 is 1.97 bits per heavy atom. The molecule has 32 heavy (non-hydrogen) atoms. The number of aliphatic hydroxyl groups excluding tert-OH is 1. The number of allylic oxidation sites excluding steroid dienone is 3. The number of hydrogen-bond donors (Lipinski definition) is 3. The number of hydrogen-bond acceptors (Lipinski definition) is 5. The number of aliphatic hydroxyl groups is 1. The summed E-state index contributed by atoms with van der Waals surface area (Å²) in [6.07, 6.45) is 1.51. The summed E-state index contributed by atoms with van der Waals surface area (Å²) in [5, 5.41) is 22.5. The topological polar surface area (TPSA) is 112 Å². The first kappa shape index (κ1) is 23.3. The van der Waals surface area contributed by atoms with Gasteiger partial charge in [0.1, 0.15) is 23.0 Å². The van der Waals surface area contributed by atoms with Crippen LogP contribution in [0.25, 0.3) is 0 Å². The van der Waals surface area contributed by atoms with Crippen LogP contribution in [0.2, 0.25) is 0 Å². The van der Waals surface area contributed by atoms with Crippen molar-refractivity contribution in [2.45, 2.75) is 31.9 Å². The van der Waals surface area contributed by atoms with Gasteiger partial charge in [-0.1, -0.05) is 6.58 Å². The molecular formula is C21H22F3N3O5. The van der Waals surface area contributed by atoms with Crippen molar-refractivity contribution in [2.24, 2.45) is 0 Å². The highest BCUT2D eigenvalue weighted by Gasteiger charge is 2.38. The van der Waals surface area contributed by atoms with Gasteiger partial charge in [-0.15, -0.1) is 0 Å². The van der Waals surface area contributed by atoms with Gasteiger partial charge < -0.3 is 25.0 Å². The predicted molar refractivity (Wildman–Crippen MR) is 108 cm³/mol. The van der Waals surface area contributed by atoms with Gasteiger partial charge in [0, 0.05) is 37.5 Å².